The van der Waals surface area contributed by atoms with Gasteiger partial charge in [-0.15, -0.1) is 0 Å². The van der Waals surface area contributed by atoms with E-state index < -0.39 is 0 Å². The number of carbonyl (C=O) groups is 1. The molecular formula is C18H18Cl2N2O. The van der Waals surface area contributed by atoms with Crippen molar-refractivity contribution in [3.8, 4) is 0 Å². The molecule has 0 spiro atoms. The monoisotopic (exact) mass is 348 g/mol. The molecule has 120 valence electrons. The highest BCUT2D eigenvalue weighted by atomic mass is 35.5. The Hall–Kier alpha value is -1.84. The molecule has 0 aliphatic heterocycles. The Morgan fingerprint density at radius 2 is 1.83 bits per heavy atom. The molecule has 0 saturated heterocycles. The lowest BCUT2D eigenvalue weighted by atomic mass is 10.1. The highest BCUT2D eigenvalue weighted by Crippen LogP contribution is 2.22. The highest BCUT2D eigenvalue weighted by Gasteiger charge is 2.04. The van der Waals surface area contributed by atoms with Gasteiger partial charge in [-0.05, 0) is 43.0 Å². The van der Waals surface area contributed by atoms with Crippen molar-refractivity contribution in [2.24, 2.45) is 5.10 Å². The van der Waals surface area contributed by atoms with E-state index in [0.717, 1.165) is 18.4 Å². The van der Waals surface area contributed by atoms with Crippen molar-refractivity contribution >= 4 is 34.8 Å². The molecule has 0 radical (unpaired) electrons. The molecule has 1 N–H and O–H groups in total. The average Bonchev–Trinajstić information content (AvgIpc) is 2.56. The minimum atomic E-state index is -0.0969. The summed E-state index contributed by atoms with van der Waals surface area (Å²) in [6, 6.07) is 15.4. The fraction of sp³-hybridized carbons (Fsp3) is 0.222. The van der Waals surface area contributed by atoms with Gasteiger partial charge in [0.2, 0.25) is 5.91 Å². The van der Waals surface area contributed by atoms with Crippen molar-refractivity contribution in [1.29, 1.82) is 0 Å². The molecule has 5 heteroatoms. The van der Waals surface area contributed by atoms with Crippen molar-refractivity contribution in [3.63, 3.8) is 0 Å². The van der Waals surface area contributed by atoms with E-state index in [1.54, 1.807) is 12.1 Å². The molecule has 2 aromatic carbocycles. The number of halogens is 2. The molecule has 2 aromatic rings. The van der Waals surface area contributed by atoms with Crippen LogP contribution in [-0.2, 0) is 11.2 Å². The Balaban J connectivity index is 1.81. The first kappa shape index (κ1) is 17.5. The van der Waals surface area contributed by atoms with Crippen molar-refractivity contribution in [2.45, 2.75) is 26.2 Å². The third-order valence-corrected chi connectivity index (χ3v) is 4.14. The van der Waals surface area contributed by atoms with Gasteiger partial charge in [-0.1, -0.05) is 59.6 Å². The maximum Gasteiger partial charge on any atom is 0.240 e. The summed E-state index contributed by atoms with van der Waals surface area (Å²) in [5.74, 6) is -0.0969. The fourth-order valence-corrected chi connectivity index (χ4v) is 2.38. The summed E-state index contributed by atoms with van der Waals surface area (Å²) >= 11 is 11.9. The Labute approximate surface area is 146 Å². The van der Waals surface area contributed by atoms with E-state index in [9.17, 15) is 4.79 Å². The third-order valence-electron chi connectivity index (χ3n) is 3.40. The summed E-state index contributed by atoms with van der Waals surface area (Å²) in [6.07, 6.45) is 2.11. The van der Waals surface area contributed by atoms with Crippen molar-refractivity contribution in [2.75, 3.05) is 0 Å². The smallest absolute Gasteiger partial charge is 0.240 e. The van der Waals surface area contributed by atoms with Gasteiger partial charge in [-0.25, -0.2) is 5.43 Å². The van der Waals surface area contributed by atoms with E-state index in [1.165, 1.54) is 5.56 Å². The SMILES string of the molecule is C/C(=N\NC(=O)CCCc1ccccc1)c1ccc(Cl)c(Cl)c1. The number of amides is 1. The third kappa shape index (κ3) is 5.70. The van der Waals surface area contributed by atoms with Gasteiger partial charge < -0.3 is 0 Å². The zero-order chi connectivity index (χ0) is 16.7. The normalized spacial score (nSPS) is 11.3. The molecule has 0 unspecified atom stereocenters. The van der Waals surface area contributed by atoms with Gasteiger partial charge in [0.1, 0.15) is 0 Å². The second kappa shape index (κ2) is 8.70. The molecule has 0 heterocycles. The van der Waals surface area contributed by atoms with Crippen LogP contribution >= 0.6 is 23.2 Å². The van der Waals surface area contributed by atoms with Crippen LogP contribution in [0, 0.1) is 0 Å². The summed E-state index contributed by atoms with van der Waals surface area (Å²) in [6.45, 7) is 1.81. The molecule has 2 rings (SSSR count). The van der Waals surface area contributed by atoms with Gasteiger partial charge in [0.15, 0.2) is 0 Å². The standard InChI is InChI=1S/C18H18Cl2N2O/c1-13(15-10-11-16(19)17(20)12-15)21-22-18(23)9-5-8-14-6-3-2-4-7-14/h2-4,6-7,10-12H,5,8-9H2,1H3,(H,22,23)/b21-13+. The van der Waals surface area contributed by atoms with Crippen LogP contribution < -0.4 is 5.43 Å². The molecule has 23 heavy (non-hydrogen) atoms. The summed E-state index contributed by atoms with van der Waals surface area (Å²) in [5, 5.41) is 5.07. The number of nitrogens with zero attached hydrogens (tertiary/aromatic N) is 1. The quantitative estimate of drug-likeness (QED) is 0.587. The average molecular weight is 349 g/mol. The first-order valence-corrected chi connectivity index (χ1v) is 8.14. The van der Waals surface area contributed by atoms with E-state index in [4.69, 9.17) is 23.2 Å². The first-order chi connectivity index (χ1) is 11.1. The summed E-state index contributed by atoms with van der Waals surface area (Å²) in [4.78, 5) is 11.8. The number of hydrogen-bond donors (Lipinski definition) is 1. The minimum absolute atomic E-state index is 0.0969. The van der Waals surface area contributed by atoms with Gasteiger partial charge in [0.05, 0.1) is 15.8 Å². The van der Waals surface area contributed by atoms with Crippen LogP contribution in [0.15, 0.2) is 53.6 Å². The lowest BCUT2D eigenvalue weighted by Gasteiger charge is -2.05. The molecule has 0 aliphatic rings. The molecule has 3 nitrogen and oxygen atoms in total. The Bertz CT molecular complexity index is 699. The number of hydrazone groups is 1. The van der Waals surface area contributed by atoms with Gasteiger partial charge in [-0.2, -0.15) is 5.10 Å². The Morgan fingerprint density at radius 3 is 2.52 bits per heavy atom. The molecule has 0 saturated carbocycles. The zero-order valence-corrected chi connectivity index (χ0v) is 14.4. The van der Waals surface area contributed by atoms with E-state index in [0.29, 0.717) is 22.2 Å². The number of rotatable bonds is 6. The predicted molar refractivity (Wildman–Crippen MR) is 96.2 cm³/mol. The first-order valence-electron chi connectivity index (χ1n) is 7.39. The van der Waals surface area contributed by atoms with Gasteiger partial charge in [0.25, 0.3) is 0 Å². The maximum absolute atomic E-state index is 11.8. The fourth-order valence-electron chi connectivity index (χ4n) is 2.09. The van der Waals surface area contributed by atoms with E-state index in [2.05, 4.69) is 22.7 Å². The highest BCUT2D eigenvalue weighted by molar-refractivity contribution is 6.42. The second-order valence-electron chi connectivity index (χ2n) is 5.20. The topological polar surface area (TPSA) is 41.5 Å². The van der Waals surface area contributed by atoms with Crippen molar-refractivity contribution in [3.05, 3.63) is 69.7 Å². The van der Waals surface area contributed by atoms with Crippen LogP contribution in [-0.4, -0.2) is 11.6 Å². The van der Waals surface area contributed by atoms with E-state index in [1.807, 2.05) is 31.2 Å². The maximum atomic E-state index is 11.8. The lowest BCUT2D eigenvalue weighted by Crippen LogP contribution is -2.19. The van der Waals surface area contributed by atoms with Gasteiger partial charge >= 0.3 is 0 Å². The molecule has 0 fully saturated rings. The van der Waals surface area contributed by atoms with Gasteiger partial charge in [0, 0.05) is 6.42 Å². The van der Waals surface area contributed by atoms with Gasteiger partial charge in [-0.3, -0.25) is 4.79 Å². The number of benzene rings is 2. The molecule has 0 aliphatic carbocycles. The summed E-state index contributed by atoms with van der Waals surface area (Å²) < 4.78 is 0. The predicted octanol–water partition coefficient (Wildman–Crippen LogP) is 4.86. The minimum Gasteiger partial charge on any atom is -0.273 e. The van der Waals surface area contributed by atoms with Crippen LogP contribution in [0.25, 0.3) is 0 Å². The zero-order valence-electron chi connectivity index (χ0n) is 12.9. The molecule has 0 bridgehead atoms. The molecule has 0 atom stereocenters. The van der Waals surface area contributed by atoms with E-state index >= 15 is 0 Å². The van der Waals surface area contributed by atoms with E-state index in [-0.39, 0.29) is 5.91 Å². The summed E-state index contributed by atoms with van der Waals surface area (Å²) in [5.41, 5.74) is 5.31. The van der Waals surface area contributed by atoms with Crippen LogP contribution in [0.2, 0.25) is 10.0 Å². The Morgan fingerprint density at radius 1 is 1.09 bits per heavy atom. The van der Waals surface area contributed by atoms with Crippen LogP contribution in [0.4, 0.5) is 0 Å². The van der Waals surface area contributed by atoms with Crippen LogP contribution in [0.1, 0.15) is 30.9 Å². The lowest BCUT2D eigenvalue weighted by molar-refractivity contribution is -0.121. The summed E-state index contributed by atoms with van der Waals surface area (Å²) in [7, 11) is 0. The molecular weight excluding hydrogens is 331 g/mol. The van der Waals surface area contributed by atoms with Crippen LogP contribution in [0.3, 0.4) is 0 Å². The second-order valence-corrected chi connectivity index (χ2v) is 6.01. The Kier molecular flexibility index (Phi) is 6.63. The molecule has 0 aromatic heterocycles. The largest absolute Gasteiger partial charge is 0.273 e. The number of aryl methyl sites for hydroxylation is 1. The van der Waals surface area contributed by atoms with Crippen molar-refractivity contribution in [1.82, 2.24) is 5.43 Å². The van der Waals surface area contributed by atoms with Crippen molar-refractivity contribution < 1.29 is 4.79 Å². The molecule has 1 amide bonds. The number of carbonyl (C=O) groups excluding carboxylic acids is 1. The number of nitrogens with one attached hydrogen (secondary N) is 1. The number of hydrogen-bond acceptors (Lipinski definition) is 2. The van der Waals surface area contributed by atoms with Crippen LogP contribution in [0.5, 0.6) is 0 Å².